The van der Waals surface area contributed by atoms with Crippen molar-refractivity contribution in [1.82, 2.24) is 19.8 Å². The van der Waals surface area contributed by atoms with Crippen molar-refractivity contribution in [3.8, 4) is 11.5 Å². The fourth-order valence-corrected chi connectivity index (χ4v) is 6.35. The molecular formula is C31H45N7O3. The molecule has 0 unspecified atom stereocenters. The molecule has 5 N–H and O–H groups in total. The Balaban J connectivity index is 1.11. The average molecular weight is 564 g/mol. The van der Waals surface area contributed by atoms with Crippen LogP contribution in [0.3, 0.4) is 0 Å². The highest BCUT2D eigenvalue weighted by Crippen LogP contribution is 2.42. The van der Waals surface area contributed by atoms with Gasteiger partial charge in [0.2, 0.25) is 0 Å². The van der Waals surface area contributed by atoms with Crippen LogP contribution in [0.25, 0.3) is 0 Å². The maximum Gasteiger partial charge on any atom is 0.350 e. The molecule has 1 aliphatic carbocycles. The van der Waals surface area contributed by atoms with Crippen molar-refractivity contribution in [1.29, 1.82) is 5.41 Å². The molecule has 2 aromatic rings. The Morgan fingerprint density at radius 3 is 2.59 bits per heavy atom. The number of unbranched alkanes of at least 4 members (excludes halogenated alkanes) is 3. The van der Waals surface area contributed by atoms with Gasteiger partial charge in [-0.2, -0.15) is 4.98 Å². The van der Waals surface area contributed by atoms with Crippen molar-refractivity contribution in [2.75, 3.05) is 38.0 Å². The van der Waals surface area contributed by atoms with Crippen molar-refractivity contribution in [2.45, 2.75) is 83.1 Å². The smallest absolute Gasteiger partial charge is 0.350 e. The van der Waals surface area contributed by atoms with Crippen LogP contribution in [0.2, 0.25) is 0 Å². The monoisotopic (exact) mass is 563 g/mol. The summed E-state index contributed by atoms with van der Waals surface area (Å²) in [7, 11) is 0. The number of nitrogens with zero attached hydrogens (tertiary/aromatic N) is 3. The minimum Gasteiger partial charge on any atom is -0.450 e. The average Bonchev–Trinajstić information content (AvgIpc) is 2.98. The van der Waals surface area contributed by atoms with Crippen molar-refractivity contribution >= 4 is 23.1 Å². The number of rotatable bonds is 13. The standard InChI is InChI=1S/C31H45N7O3/c32-29(33)8-3-1-2-6-22-9-12-24(13-10-22)38-21-28-30(36-31(38)40)35-25-20-23(11-14-27(25)41-28)26(39)7-4-5-17-37-18-15-34-16-19-37/h11,14,20-22,24,34H,1-10,12-13,15-19H2,(H3,32,33)(H,35,36,40). The van der Waals surface area contributed by atoms with Gasteiger partial charge in [0.1, 0.15) is 0 Å². The number of hydrogen-bond donors (Lipinski definition) is 4. The van der Waals surface area contributed by atoms with E-state index in [9.17, 15) is 9.59 Å². The second-order valence-electron chi connectivity index (χ2n) is 11.9. The number of nitrogens with one attached hydrogen (secondary N) is 3. The molecule has 5 rings (SSSR count). The van der Waals surface area contributed by atoms with Crippen LogP contribution in [0.5, 0.6) is 11.5 Å². The highest BCUT2D eigenvalue weighted by atomic mass is 16.5. The fraction of sp³-hybridized carbons (Fsp3) is 0.613. The number of hydrogen-bond acceptors (Lipinski definition) is 8. The lowest BCUT2D eigenvalue weighted by atomic mass is 9.83. The molecule has 0 atom stereocenters. The van der Waals surface area contributed by atoms with E-state index in [1.807, 2.05) is 18.2 Å². The molecule has 0 spiro atoms. The molecular weight excluding hydrogens is 518 g/mol. The first-order valence-corrected chi connectivity index (χ1v) is 15.5. The zero-order valence-corrected chi connectivity index (χ0v) is 24.1. The highest BCUT2D eigenvalue weighted by molar-refractivity contribution is 5.97. The van der Waals surface area contributed by atoms with Crippen molar-refractivity contribution in [3.05, 3.63) is 40.4 Å². The molecule has 0 bridgehead atoms. The molecule has 0 amide bonds. The zero-order chi connectivity index (χ0) is 28.6. The molecule has 2 aliphatic heterocycles. The number of anilines is 2. The third-order valence-corrected chi connectivity index (χ3v) is 8.80. The van der Waals surface area contributed by atoms with E-state index >= 15 is 0 Å². The normalized spacial score (nSPS) is 20.4. The molecule has 1 saturated carbocycles. The van der Waals surface area contributed by atoms with Gasteiger partial charge in [0.25, 0.3) is 0 Å². The number of nitrogens with two attached hydrogens (primary N) is 1. The van der Waals surface area contributed by atoms with Crippen LogP contribution in [0.1, 0.15) is 93.4 Å². The van der Waals surface area contributed by atoms with Gasteiger partial charge in [-0.15, -0.1) is 0 Å². The summed E-state index contributed by atoms with van der Waals surface area (Å²) in [5, 5.41) is 13.9. The van der Waals surface area contributed by atoms with Gasteiger partial charge >= 0.3 is 5.69 Å². The Morgan fingerprint density at radius 2 is 1.80 bits per heavy atom. The Bertz CT molecular complexity index is 1260. The van der Waals surface area contributed by atoms with Crippen LogP contribution < -0.4 is 26.8 Å². The minimum absolute atomic E-state index is 0.121. The highest BCUT2D eigenvalue weighted by Gasteiger charge is 2.26. The number of ether oxygens (including phenoxy) is 1. The van der Waals surface area contributed by atoms with Crippen molar-refractivity contribution < 1.29 is 9.53 Å². The number of benzene rings is 1. The van der Waals surface area contributed by atoms with Gasteiger partial charge in [-0.3, -0.25) is 14.8 Å². The van der Waals surface area contributed by atoms with E-state index in [0.717, 1.165) is 84.1 Å². The van der Waals surface area contributed by atoms with Gasteiger partial charge in [-0.05, 0) is 75.6 Å². The first kappa shape index (κ1) is 29.3. The molecule has 1 saturated heterocycles. The second kappa shape index (κ2) is 14.1. The molecule has 1 aromatic carbocycles. The number of piperazine rings is 1. The lowest BCUT2D eigenvalue weighted by Gasteiger charge is -2.30. The molecule has 3 heterocycles. The molecule has 10 heteroatoms. The van der Waals surface area contributed by atoms with E-state index in [-0.39, 0.29) is 23.4 Å². The largest absolute Gasteiger partial charge is 0.450 e. The maximum absolute atomic E-state index is 13.0. The number of fused-ring (bicyclic) bond motifs is 2. The fourth-order valence-electron chi connectivity index (χ4n) is 6.35. The Kier molecular flexibility index (Phi) is 10.1. The first-order valence-electron chi connectivity index (χ1n) is 15.5. The second-order valence-corrected chi connectivity index (χ2v) is 11.9. The number of Topliss-reactive ketones (excluding diaryl/α,β-unsaturated/α-hetero) is 1. The summed E-state index contributed by atoms with van der Waals surface area (Å²) in [5.41, 5.74) is 6.48. The predicted molar refractivity (Wildman–Crippen MR) is 162 cm³/mol. The topological polar surface area (TPSA) is 138 Å². The summed E-state index contributed by atoms with van der Waals surface area (Å²) in [6, 6.07) is 5.60. The van der Waals surface area contributed by atoms with Crippen molar-refractivity contribution in [3.63, 3.8) is 0 Å². The van der Waals surface area contributed by atoms with Gasteiger partial charge in [0.05, 0.1) is 17.7 Å². The molecule has 222 valence electrons. The number of carbonyl (C=O) groups excluding carboxylic acids is 1. The predicted octanol–water partition coefficient (Wildman–Crippen LogP) is 4.97. The number of carbonyl (C=O) groups is 1. The van der Waals surface area contributed by atoms with E-state index in [0.29, 0.717) is 47.3 Å². The molecule has 2 fully saturated rings. The summed E-state index contributed by atoms with van der Waals surface area (Å²) in [5.74, 6) is 2.66. The third-order valence-electron chi connectivity index (χ3n) is 8.80. The number of aromatic nitrogens is 2. The van der Waals surface area contributed by atoms with Crippen LogP contribution in [-0.4, -0.2) is 58.8 Å². The van der Waals surface area contributed by atoms with Crippen molar-refractivity contribution in [2.24, 2.45) is 11.7 Å². The first-order chi connectivity index (χ1) is 20.0. The summed E-state index contributed by atoms with van der Waals surface area (Å²) in [6.45, 7) is 5.29. The summed E-state index contributed by atoms with van der Waals surface area (Å²) < 4.78 is 7.89. The van der Waals surface area contributed by atoms with E-state index < -0.39 is 0 Å². The van der Waals surface area contributed by atoms with Gasteiger partial charge < -0.3 is 26.0 Å². The van der Waals surface area contributed by atoms with E-state index in [1.54, 1.807) is 10.8 Å². The molecule has 1 aromatic heterocycles. The van der Waals surface area contributed by atoms with Gasteiger partial charge in [0, 0.05) is 50.6 Å². The SMILES string of the molecule is N=C(N)CCCCCC1CCC(n2cc3c(nc2=O)Nc2cc(C(=O)CCCCN4CCNCC4)ccc2O3)CC1. The van der Waals surface area contributed by atoms with Gasteiger partial charge in [-0.25, -0.2) is 4.79 Å². The maximum atomic E-state index is 13.0. The summed E-state index contributed by atoms with van der Waals surface area (Å²) in [4.78, 5) is 32.6. The summed E-state index contributed by atoms with van der Waals surface area (Å²) >= 11 is 0. The van der Waals surface area contributed by atoms with Crippen LogP contribution in [0, 0.1) is 11.3 Å². The number of ketones is 1. The van der Waals surface area contributed by atoms with E-state index in [2.05, 4.69) is 20.5 Å². The number of amidine groups is 1. The molecule has 0 radical (unpaired) electrons. The van der Waals surface area contributed by atoms with Crippen LogP contribution in [-0.2, 0) is 0 Å². The van der Waals surface area contributed by atoms with Gasteiger partial charge in [0.15, 0.2) is 23.1 Å². The van der Waals surface area contributed by atoms with Crippen LogP contribution in [0.4, 0.5) is 11.5 Å². The molecule has 10 nitrogen and oxygen atoms in total. The van der Waals surface area contributed by atoms with E-state index in [1.165, 1.54) is 12.8 Å². The lowest BCUT2D eigenvalue weighted by molar-refractivity contribution is 0.0977. The Morgan fingerprint density at radius 1 is 1.02 bits per heavy atom. The summed E-state index contributed by atoms with van der Waals surface area (Å²) in [6.07, 6.45) is 13.5. The lowest BCUT2D eigenvalue weighted by Crippen LogP contribution is -2.43. The van der Waals surface area contributed by atoms with Gasteiger partial charge in [-0.1, -0.05) is 19.3 Å². The van der Waals surface area contributed by atoms with E-state index in [4.69, 9.17) is 15.9 Å². The van der Waals surface area contributed by atoms with Crippen LogP contribution >= 0.6 is 0 Å². The third kappa shape index (κ3) is 7.95. The zero-order valence-electron chi connectivity index (χ0n) is 24.1. The molecule has 41 heavy (non-hydrogen) atoms. The quantitative estimate of drug-likeness (QED) is 0.0990. The Labute approximate surface area is 242 Å². The Hall–Kier alpha value is -3.24. The molecule has 3 aliphatic rings. The van der Waals surface area contributed by atoms with Crippen LogP contribution in [0.15, 0.2) is 29.2 Å². The minimum atomic E-state index is -0.271.